The maximum atomic E-state index is 10.8. The third kappa shape index (κ3) is 2.80. The van der Waals surface area contributed by atoms with Crippen molar-refractivity contribution < 1.29 is 9.90 Å². The van der Waals surface area contributed by atoms with E-state index < -0.39 is 5.97 Å². The lowest BCUT2D eigenvalue weighted by atomic mass is 10.1. The Kier molecular flexibility index (Phi) is 3.46. The summed E-state index contributed by atoms with van der Waals surface area (Å²) in [5.41, 5.74) is 0.990. The molecule has 1 heterocycles. The fourth-order valence-electron chi connectivity index (χ4n) is 2.09. The van der Waals surface area contributed by atoms with Crippen LogP contribution in [0.15, 0.2) is 54.6 Å². The average molecular weight is 299 g/mol. The fourth-order valence-corrected chi connectivity index (χ4v) is 2.30. The molecule has 2 N–H and O–H groups in total. The van der Waals surface area contributed by atoms with E-state index in [-0.39, 0.29) is 5.56 Å². The predicted molar refractivity (Wildman–Crippen MR) is 83.4 cm³/mol. The lowest BCUT2D eigenvalue weighted by Gasteiger charge is -2.09. The first-order valence-corrected chi connectivity index (χ1v) is 6.67. The largest absolute Gasteiger partial charge is 0.478 e. The van der Waals surface area contributed by atoms with E-state index in [9.17, 15) is 4.79 Å². The number of nitrogens with one attached hydrogen (secondary N) is 1. The summed E-state index contributed by atoms with van der Waals surface area (Å²) in [7, 11) is 0. The minimum Gasteiger partial charge on any atom is -0.478 e. The van der Waals surface area contributed by atoms with Crippen LogP contribution in [0.5, 0.6) is 0 Å². The highest BCUT2D eigenvalue weighted by Gasteiger charge is 2.06. The minimum atomic E-state index is -0.951. The second-order valence-corrected chi connectivity index (χ2v) is 4.91. The standard InChI is InChI=1S/C16H11ClN2O2/c17-14-9-11-3-1-2-4-13(11)15(19-14)18-12-7-5-10(6-8-12)16(20)21/h1-9H,(H,18,19)(H,20,21). The molecule has 0 aliphatic carbocycles. The van der Waals surface area contributed by atoms with Gasteiger partial charge in [-0.3, -0.25) is 0 Å². The van der Waals surface area contributed by atoms with Crippen LogP contribution in [0.1, 0.15) is 10.4 Å². The number of carbonyl (C=O) groups is 1. The first-order chi connectivity index (χ1) is 10.1. The van der Waals surface area contributed by atoms with Gasteiger partial charge in [-0.1, -0.05) is 35.9 Å². The molecule has 1 aromatic heterocycles. The van der Waals surface area contributed by atoms with Crippen molar-refractivity contribution in [2.24, 2.45) is 0 Å². The summed E-state index contributed by atoms with van der Waals surface area (Å²) in [5, 5.41) is 14.4. The SMILES string of the molecule is O=C(O)c1ccc(Nc2nc(Cl)cc3ccccc23)cc1. The van der Waals surface area contributed by atoms with E-state index in [0.29, 0.717) is 11.0 Å². The van der Waals surface area contributed by atoms with E-state index in [4.69, 9.17) is 16.7 Å². The first kappa shape index (κ1) is 13.4. The van der Waals surface area contributed by atoms with E-state index >= 15 is 0 Å². The number of fused-ring (bicyclic) bond motifs is 1. The second kappa shape index (κ2) is 5.42. The van der Waals surface area contributed by atoms with Gasteiger partial charge in [-0.2, -0.15) is 0 Å². The third-order valence-corrected chi connectivity index (χ3v) is 3.30. The summed E-state index contributed by atoms with van der Waals surface area (Å²) in [4.78, 5) is 15.1. The highest BCUT2D eigenvalue weighted by molar-refractivity contribution is 6.30. The number of hydrogen-bond acceptors (Lipinski definition) is 3. The number of hydrogen-bond donors (Lipinski definition) is 2. The summed E-state index contributed by atoms with van der Waals surface area (Å²) in [6.07, 6.45) is 0. The van der Waals surface area contributed by atoms with Crippen molar-refractivity contribution in [2.45, 2.75) is 0 Å². The molecule has 0 fully saturated rings. The molecule has 104 valence electrons. The van der Waals surface area contributed by atoms with E-state index in [1.807, 2.05) is 24.3 Å². The minimum absolute atomic E-state index is 0.240. The van der Waals surface area contributed by atoms with Gasteiger partial charge in [-0.25, -0.2) is 9.78 Å². The van der Waals surface area contributed by atoms with Gasteiger partial charge < -0.3 is 10.4 Å². The number of carboxylic acids is 1. The van der Waals surface area contributed by atoms with E-state index in [1.165, 1.54) is 12.1 Å². The second-order valence-electron chi connectivity index (χ2n) is 4.52. The number of nitrogens with zero attached hydrogens (tertiary/aromatic N) is 1. The van der Waals surface area contributed by atoms with Crippen molar-refractivity contribution >= 4 is 39.8 Å². The molecule has 0 aliphatic heterocycles. The number of halogens is 1. The van der Waals surface area contributed by atoms with Crippen molar-refractivity contribution in [1.82, 2.24) is 4.98 Å². The van der Waals surface area contributed by atoms with Gasteiger partial charge in [0, 0.05) is 11.1 Å². The van der Waals surface area contributed by atoms with Gasteiger partial charge in [0.15, 0.2) is 0 Å². The molecule has 0 unspecified atom stereocenters. The Hall–Kier alpha value is -2.59. The normalized spacial score (nSPS) is 10.5. The van der Waals surface area contributed by atoms with Gasteiger partial charge in [0.05, 0.1) is 5.56 Å². The van der Waals surface area contributed by atoms with Crippen molar-refractivity contribution in [2.75, 3.05) is 5.32 Å². The molecule has 0 saturated carbocycles. The lowest BCUT2D eigenvalue weighted by Crippen LogP contribution is -1.98. The number of anilines is 2. The van der Waals surface area contributed by atoms with Crippen LogP contribution >= 0.6 is 11.6 Å². The smallest absolute Gasteiger partial charge is 0.335 e. The van der Waals surface area contributed by atoms with E-state index in [0.717, 1.165) is 16.5 Å². The molecule has 0 bridgehead atoms. The quantitative estimate of drug-likeness (QED) is 0.706. The molecular formula is C16H11ClN2O2. The Morgan fingerprint density at radius 3 is 2.52 bits per heavy atom. The first-order valence-electron chi connectivity index (χ1n) is 6.29. The zero-order valence-electron chi connectivity index (χ0n) is 10.9. The number of rotatable bonds is 3. The van der Waals surface area contributed by atoms with Gasteiger partial charge in [0.2, 0.25) is 0 Å². The topological polar surface area (TPSA) is 62.2 Å². The monoisotopic (exact) mass is 298 g/mol. The lowest BCUT2D eigenvalue weighted by molar-refractivity contribution is 0.0697. The Morgan fingerprint density at radius 2 is 1.81 bits per heavy atom. The molecule has 4 nitrogen and oxygen atoms in total. The molecule has 3 rings (SSSR count). The molecule has 3 aromatic rings. The average Bonchev–Trinajstić information content (AvgIpc) is 2.47. The maximum absolute atomic E-state index is 10.8. The van der Waals surface area contributed by atoms with Gasteiger partial charge in [-0.15, -0.1) is 0 Å². The van der Waals surface area contributed by atoms with Crippen LogP contribution in [0.4, 0.5) is 11.5 Å². The zero-order valence-corrected chi connectivity index (χ0v) is 11.6. The molecule has 0 amide bonds. The van der Waals surface area contributed by atoms with Gasteiger partial charge in [-0.05, 0) is 35.7 Å². The third-order valence-electron chi connectivity index (χ3n) is 3.10. The maximum Gasteiger partial charge on any atom is 0.335 e. The number of aromatic nitrogens is 1. The van der Waals surface area contributed by atoms with Gasteiger partial charge in [0.1, 0.15) is 11.0 Å². The summed E-state index contributed by atoms with van der Waals surface area (Å²) in [5.74, 6) is -0.311. The van der Waals surface area contributed by atoms with Crippen LogP contribution < -0.4 is 5.32 Å². The highest BCUT2D eigenvalue weighted by Crippen LogP contribution is 2.27. The Balaban J connectivity index is 1.99. The van der Waals surface area contributed by atoms with Crippen LogP contribution in [0.2, 0.25) is 5.15 Å². The Labute approximate surface area is 126 Å². The van der Waals surface area contributed by atoms with Crippen molar-refractivity contribution in [3.8, 4) is 0 Å². The van der Waals surface area contributed by atoms with Crippen molar-refractivity contribution in [3.63, 3.8) is 0 Å². The summed E-state index contributed by atoms with van der Waals surface area (Å²) in [6, 6.07) is 16.0. The number of benzene rings is 2. The molecule has 5 heteroatoms. The van der Waals surface area contributed by atoms with Crippen LogP contribution in [0, 0.1) is 0 Å². The Bertz CT molecular complexity index is 816. The van der Waals surface area contributed by atoms with Gasteiger partial charge in [0.25, 0.3) is 0 Å². The highest BCUT2D eigenvalue weighted by atomic mass is 35.5. The van der Waals surface area contributed by atoms with Gasteiger partial charge >= 0.3 is 5.97 Å². The number of pyridine rings is 1. The van der Waals surface area contributed by atoms with Crippen molar-refractivity contribution in [3.05, 3.63) is 65.3 Å². The Morgan fingerprint density at radius 1 is 1.10 bits per heavy atom. The molecule has 0 aliphatic rings. The molecule has 0 spiro atoms. The summed E-state index contributed by atoms with van der Waals surface area (Å²) in [6.45, 7) is 0. The van der Waals surface area contributed by atoms with E-state index in [1.54, 1.807) is 18.2 Å². The molecule has 2 aromatic carbocycles. The summed E-state index contributed by atoms with van der Waals surface area (Å²) >= 11 is 6.03. The van der Waals surface area contributed by atoms with Crippen LogP contribution in [0.25, 0.3) is 10.8 Å². The van der Waals surface area contributed by atoms with Crippen LogP contribution in [-0.4, -0.2) is 16.1 Å². The number of aromatic carboxylic acids is 1. The molecular weight excluding hydrogens is 288 g/mol. The van der Waals surface area contributed by atoms with Crippen LogP contribution in [0.3, 0.4) is 0 Å². The van der Waals surface area contributed by atoms with Crippen LogP contribution in [-0.2, 0) is 0 Å². The number of carboxylic acid groups (broad SMARTS) is 1. The summed E-state index contributed by atoms with van der Waals surface area (Å²) < 4.78 is 0. The zero-order chi connectivity index (χ0) is 14.8. The predicted octanol–water partition coefficient (Wildman–Crippen LogP) is 4.33. The van der Waals surface area contributed by atoms with Crippen molar-refractivity contribution in [1.29, 1.82) is 0 Å². The molecule has 21 heavy (non-hydrogen) atoms. The van der Waals surface area contributed by atoms with E-state index in [2.05, 4.69) is 10.3 Å². The fraction of sp³-hybridized carbons (Fsp3) is 0. The molecule has 0 saturated heterocycles. The molecule has 0 atom stereocenters. The molecule has 0 radical (unpaired) electrons.